The fraction of sp³-hybridized carbons (Fsp3) is 1.00. The van der Waals surface area contributed by atoms with Crippen molar-refractivity contribution in [3.05, 3.63) is 0 Å². The highest BCUT2D eigenvalue weighted by molar-refractivity contribution is 4.78. The van der Waals surface area contributed by atoms with E-state index in [1.165, 1.54) is 26.1 Å². The van der Waals surface area contributed by atoms with Gasteiger partial charge in [0.2, 0.25) is 0 Å². The topological polar surface area (TPSA) is 3.24 Å². The highest BCUT2D eigenvalue weighted by atomic mass is 15.1. The molecule has 0 N–H and O–H groups in total. The number of nitrogens with zero attached hydrogens (tertiary/aromatic N) is 1. The molecule has 0 aromatic carbocycles. The molecule has 1 saturated heterocycles. The van der Waals surface area contributed by atoms with E-state index >= 15 is 0 Å². The Labute approximate surface area is 83.5 Å². The van der Waals surface area contributed by atoms with Gasteiger partial charge in [0.25, 0.3) is 0 Å². The van der Waals surface area contributed by atoms with Crippen LogP contribution < -0.4 is 0 Å². The van der Waals surface area contributed by atoms with E-state index in [0.717, 1.165) is 11.8 Å². The maximum atomic E-state index is 2.64. The lowest BCUT2D eigenvalue weighted by Gasteiger charge is -2.38. The van der Waals surface area contributed by atoms with E-state index in [9.17, 15) is 0 Å². The lowest BCUT2D eigenvalue weighted by Crippen LogP contribution is -2.42. The number of piperidine rings is 1. The van der Waals surface area contributed by atoms with Crippen LogP contribution >= 0.6 is 0 Å². The van der Waals surface area contributed by atoms with E-state index in [-0.39, 0.29) is 0 Å². The van der Waals surface area contributed by atoms with Crippen molar-refractivity contribution < 1.29 is 0 Å². The Morgan fingerprint density at radius 3 is 1.92 bits per heavy atom. The van der Waals surface area contributed by atoms with Gasteiger partial charge in [0.15, 0.2) is 0 Å². The third kappa shape index (κ3) is 4.12. The molecule has 1 heteroatoms. The van der Waals surface area contributed by atoms with Crippen molar-refractivity contribution in [3.63, 3.8) is 0 Å². The van der Waals surface area contributed by atoms with Crippen molar-refractivity contribution in [1.82, 2.24) is 4.90 Å². The number of rotatable bonds is 1. The molecule has 0 spiro atoms. The van der Waals surface area contributed by atoms with Crippen molar-refractivity contribution in [2.45, 2.75) is 41.0 Å². The van der Waals surface area contributed by atoms with Gasteiger partial charge < -0.3 is 4.90 Å². The predicted octanol–water partition coefficient (Wildman–Crippen LogP) is 3.01. The van der Waals surface area contributed by atoms with E-state index in [0.29, 0.717) is 5.41 Å². The van der Waals surface area contributed by atoms with Crippen LogP contribution in [0.15, 0.2) is 0 Å². The Hall–Kier alpha value is -0.0400. The first-order chi connectivity index (χ1) is 5.87. The summed E-state index contributed by atoms with van der Waals surface area (Å²) in [7, 11) is 0. The largest absolute Gasteiger partial charge is 0.302 e. The molecule has 0 radical (unpaired) electrons. The summed E-state index contributed by atoms with van der Waals surface area (Å²) in [4.78, 5) is 2.64. The molecule has 0 saturated carbocycles. The maximum Gasteiger partial charge on any atom is 0.00303 e. The Balaban J connectivity index is 2.42. The van der Waals surface area contributed by atoms with Gasteiger partial charge in [-0.3, -0.25) is 0 Å². The summed E-state index contributed by atoms with van der Waals surface area (Å²) in [5.41, 5.74) is 0.455. The molecule has 1 heterocycles. The SMILES string of the molecule is CC1CC(C)CN(CC(C)(C)C)C1. The van der Waals surface area contributed by atoms with Gasteiger partial charge in [0, 0.05) is 19.6 Å². The standard InChI is InChI=1S/C12H25N/c1-10-6-11(2)8-13(7-10)9-12(3,4)5/h10-11H,6-9H2,1-5H3. The molecule has 0 aromatic heterocycles. The van der Waals surface area contributed by atoms with E-state index in [2.05, 4.69) is 39.5 Å². The van der Waals surface area contributed by atoms with Gasteiger partial charge in [0.1, 0.15) is 0 Å². The molecule has 0 aliphatic carbocycles. The lowest BCUT2D eigenvalue weighted by atomic mass is 9.89. The van der Waals surface area contributed by atoms with Crippen LogP contribution in [0.3, 0.4) is 0 Å². The van der Waals surface area contributed by atoms with E-state index in [1.807, 2.05) is 0 Å². The quantitative estimate of drug-likeness (QED) is 0.604. The molecule has 1 nitrogen and oxygen atoms in total. The summed E-state index contributed by atoms with van der Waals surface area (Å²) in [6, 6.07) is 0. The average Bonchev–Trinajstić information content (AvgIpc) is 1.78. The minimum Gasteiger partial charge on any atom is -0.302 e. The van der Waals surface area contributed by atoms with Crippen LogP contribution in [-0.4, -0.2) is 24.5 Å². The molecule has 1 fully saturated rings. The number of hydrogen-bond donors (Lipinski definition) is 0. The molecule has 0 amide bonds. The second kappa shape index (κ2) is 4.00. The lowest BCUT2D eigenvalue weighted by molar-refractivity contribution is 0.103. The summed E-state index contributed by atoms with van der Waals surface area (Å²) >= 11 is 0. The number of hydrogen-bond acceptors (Lipinski definition) is 1. The summed E-state index contributed by atoms with van der Waals surface area (Å²) < 4.78 is 0. The molecular formula is C12H25N. The van der Waals surface area contributed by atoms with Gasteiger partial charge in [0.05, 0.1) is 0 Å². The number of likely N-dealkylation sites (tertiary alicyclic amines) is 1. The van der Waals surface area contributed by atoms with Crippen LogP contribution in [0.5, 0.6) is 0 Å². The zero-order valence-electron chi connectivity index (χ0n) is 9.93. The minimum absolute atomic E-state index is 0.455. The molecule has 0 bridgehead atoms. The summed E-state index contributed by atoms with van der Waals surface area (Å²) in [5, 5.41) is 0. The Kier molecular flexibility index (Phi) is 3.39. The van der Waals surface area contributed by atoms with Crippen molar-refractivity contribution in [3.8, 4) is 0 Å². The first kappa shape index (κ1) is 11.0. The van der Waals surface area contributed by atoms with Crippen LogP contribution in [0.4, 0.5) is 0 Å². The molecule has 78 valence electrons. The predicted molar refractivity (Wildman–Crippen MR) is 58.8 cm³/mol. The molecular weight excluding hydrogens is 158 g/mol. The van der Waals surface area contributed by atoms with Crippen LogP contribution in [0.25, 0.3) is 0 Å². The normalized spacial score (nSPS) is 32.1. The summed E-state index contributed by atoms with van der Waals surface area (Å²) in [5.74, 6) is 1.79. The average molecular weight is 183 g/mol. The second-order valence-corrected chi connectivity index (χ2v) is 6.20. The van der Waals surface area contributed by atoms with E-state index in [1.54, 1.807) is 0 Å². The van der Waals surface area contributed by atoms with Gasteiger partial charge in [-0.15, -0.1) is 0 Å². The molecule has 2 atom stereocenters. The van der Waals surface area contributed by atoms with Crippen LogP contribution in [0.1, 0.15) is 41.0 Å². The molecule has 1 aliphatic rings. The first-order valence-electron chi connectivity index (χ1n) is 5.59. The van der Waals surface area contributed by atoms with Gasteiger partial charge in [-0.05, 0) is 23.7 Å². The Morgan fingerprint density at radius 1 is 1.08 bits per heavy atom. The van der Waals surface area contributed by atoms with Crippen LogP contribution in [0, 0.1) is 17.3 Å². The Bertz CT molecular complexity index is 147. The second-order valence-electron chi connectivity index (χ2n) is 6.20. The first-order valence-corrected chi connectivity index (χ1v) is 5.59. The van der Waals surface area contributed by atoms with Gasteiger partial charge in [-0.25, -0.2) is 0 Å². The third-order valence-corrected chi connectivity index (χ3v) is 2.64. The minimum atomic E-state index is 0.455. The van der Waals surface area contributed by atoms with Crippen molar-refractivity contribution in [1.29, 1.82) is 0 Å². The highest BCUT2D eigenvalue weighted by Gasteiger charge is 2.24. The Morgan fingerprint density at radius 2 is 1.54 bits per heavy atom. The van der Waals surface area contributed by atoms with Crippen LogP contribution in [-0.2, 0) is 0 Å². The fourth-order valence-electron chi connectivity index (χ4n) is 2.59. The zero-order chi connectivity index (χ0) is 10.1. The van der Waals surface area contributed by atoms with E-state index < -0.39 is 0 Å². The van der Waals surface area contributed by atoms with Gasteiger partial charge in [-0.2, -0.15) is 0 Å². The van der Waals surface area contributed by atoms with Gasteiger partial charge >= 0.3 is 0 Å². The summed E-state index contributed by atoms with van der Waals surface area (Å²) in [6.45, 7) is 15.6. The highest BCUT2D eigenvalue weighted by Crippen LogP contribution is 2.24. The smallest absolute Gasteiger partial charge is 0.00303 e. The third-order valence-electron chi connectivity index (χ3n) is 2.64. The molecule has 1 rings (SSSR count). The fourth-order valence-corrected chi connectivity index (χ4v) is 2.59. The van der Waals surface area contributed by atoms with Crippen molar-refractivity contribution in [2.24, 2.45) is 17.3 Å². The molecule has 1 aliphatic heterocycles. The molecule has 0 aromatic rings. The van der Waals surface area contributed by atoms with Crippen molar-refractivity contribution >= 4 is 0 Å². The van der Waals surface area contributed by atoms with Crippen LogP contribution in [0.2, 0.25) is 0 Å². The van der Waals surface area contributed by atoms with Crippen molar-refractivity contribution in [2.75, 3.05) is 19.6 Å². The monoisotopic (exact) mass is 183 g/mol. The summed E-state index contributed by atoms with van der Waals surface area (Å²) in [6.07, 6.45) is 1.42. The van der Waals surface area contributed by atoms with Gasteiger partial charge in [-0.1, -0.05) is 34.6 Å². The zero-order valence-corrected chi connectivity index (χ0v) is 9.93. The molecule has 13 heavy (non-hydrogen) atoms. The maximum absolute atomic E-state index is 2.64. The van der Waals surface area contributed by atoms with E-state index in [4.69, 9.17) is 0 Å². The molecule has 2 unspecified atom stereocenters.